The lowest BCUT2D eigenvalue weighted by Gasteiger charge is -2.10. The van der Waals surface area contributed by atoms with Gasteiger partial charge < -0.3 is 4.57 Å². The molecule has 5 rings (SSSR count). The minimum atomic E-state index is -0.961. The van der Waals surface area contributed by atoms with E-state index in [1.165, 1.54) is 10.6 Å². The van der Waals surface area contributed by atoms with Crippen LogP contribution >= 0.6 is 0 Å². The molecule has 0 radical (unpaired) electrons. The van der Waals surface area contributed by atoms with Crippen molar-refractivity contribution in [1.29, 1.82) is 0 Å². The highest BCUT2D eigenvalue weighted by atomic mass is 19.2. The highest BCUT2D eigenvalue weighted by Gasteiger charge is 2.17. The molecule has 0 spiro atoms. The number of benzene rings is 2. The molecule has 6 heteroatoms. The van der Waals surface area contributed by atoms with Gasteiger partial charge in [-0.2, -0.15) is 0 Å². The number of nitrogens with zero attached hydrogens (tertiary/aromatic N) is 2. The van der Waals surface area contributed by atoms with Gasteiger partial charge in [0.2, 0.25) is 0 Å². The van der Waals surface area contributed by atoms with Crippen LogP contribution in [0.2, 0.25) is 0 Å². The van der Waals surface area contributed by atoms with Gasteiger partial charge in [-0.1, -0.05) is 48.5 Å². The zero-order valence-electron chi connectivity index (χ0n) is 18.9. The Hall–Kier alpha value is -4.19. The van der Waals surface area contributed by atoms with Crippen LogP contribution in [0.4, 0.5) is 8.78 Å². The van der Waals surface area contributed by atoms with E-state index in [0.29, 0.717) is 11.1 Å². The van der Waals surface area contributed by atoms with Crippen molar-refractivity contribution in [3.63, 3.8) is 0 Å². The molecule has 1 aliphatic rings. The topological polar surface area (TPSA) is 52.0 Å². The van der Waals surface area contributed by atoms with Crippen LogP contribution in [-0.2, 0) is 30.6 Å². The number of Topliss-reactive ketones (excluding diaryl/α,β-unsaturated/α-hetero) is 1. The Morgan fingerprint density at radius 3 is 2.66 bits per heavy atom. The summed E-state index contributed by atoms with van der Waals surface area (Å²) in [5.41, 5.74) is 5.71. The molecule has 174 valence electrons. The van der Waals surface area contributed by atoms with Gasteiger partial charge in [0.15, 0.2) is 11.6 Å². The van der Waals surface area contributed by atoms with Gasteiger partial charge in [-0.05, 0) is 46.5 Å². The van der Waals surface area contributed by atoms with Crippen LogP contribution in [0.3, 0.4) is 0 Å². The molecule has 0 unspecified atom stereocenters. The predicted octanol–water partition coefficient (Wildman–Crippen LogP) is 4.91. The van der Waals surface area contributed by atoms with E-state index >= 15 is 0 Å². The van der Waals surface area contributed by atoms with E-state index in [-0.39, 0.29) is 30.7 Å². The molecular formula is C29H22F2N2O2. The lowest BCUT2D eigenvalue weighted by Crippen LogP contribution is -2.25. The molecule has 0 amide bonds. The van der Waals surface area contributed by atoms with Crippen molar-refractivity contribution >= 4 is 11.4 Å². The van der Waals surface area contributed by atoms with Crippen LogP contribution in [0.15, 0.2) is 90.0 Å². The summed E-state index contributed by atoms with van der Waals surface area (Å²) in [5, 5.41) is 0. The van der Waals surface area contributed by atoms with Gasteiger partial charge in [0.05, 0.1) is 12.2 Å². The minimum absolute atomic E-state index is 0.00285. The van der Waals surface area contributed by atoms with Gasteiger partial charge in [-0.3, -0.25) is 14.6 Å². The lowest BCUT2D eigenvalue weighted by molar-refractivity contribution is -0.117. The fourth-order valence-electron chi connectivity index (χ4n) is 4.46. The quantitative estimate of drug-likeness (QED) is 0.387. The van der Waals surface area contributed by atoms with Crippen molar-refractivity contribution in [1.82, 2.24) is 9.55 Å². The van der Waals surface area contributed by atoms with Crippen molar-refractivity contribution in [2.24, 2.45) is 0 Å². The molecule has 2 aromatic carbocycles. The molecule has 0 aliphatic heterocycles. The van der Waals surface area contributed by atoms with E-state index in [9.17, 15) is 18.4 Å². The highest BCUT2D eigenvalue weighted by Crippen LogP contribution is 2.31. The summed E-state index contributed by atoms with van der Waals surface area (Å²) in [6, 6.07) is 18.7. The maximum Gasteiger partial charge on any atom is 0.254 e. The third-order valence-electron chi connectivity index (χ3n) is 6.14. The third-order valence-corrected chi connectivity index (χ3v) is 6.14. The minimum Gasteiger partial charge on any atom is -0.311 e. The molecule has 0 atom stereocenters. The number of pyridine rings is 2. The van der Waals surface area contributed by atoms with Gasteiger partial charge >= 0.3 is 0 Å². The number of allylic oxidation sites excluding steroid dienone is 1. The van der Waals surface area contributed by atoms with E-state index < -0.39 is 11.6 Å². The summed E-state index contributed by atoms with van der Waals surface area (Å²) in [6.07, 6.45) is 6.51. The molecular weight excluding hydrogens is 446 g/mol. The SMILES string of the molecule is O=C(Cc1cccc(C2=CCc3ncccc32)c1)Cc1cccn(Cc2ccc(F)c(F)c2)c1=O. The van der Waals surface area contributed by atoms with Gasteiger partial charge in [0.25, 0.3) is 5.56 Å². The highest BCUT2D eigenvalue weighted by molar-refractivity contribution is 5.86. The number of fused-ring (bicyclic) bond motifs is 1. The van der Waals surface area contributed by atoms with E-state index in [2.05, 4.69) is 17.1 Å². The van der Waals surface area contributed by atoms with Gasteiger partial charge in [-0.15, -0.1) is 0 Å². The summed E-state index contributed by atoms with van der Waals surface area (Å²) in [4.78, 5) is 30.2. The second kappa shape index (κ2) is 9.58. The molecule has 1 aliphatic carbocycles. The number of ketones is 1. The molecule has 4 nitrogen and oxygen atoms in total. The summed E-state index contributed by atoms with van der Waals surface area (Å²) < 4.78 is 28.1. The number of aromatic nitrogens is 2. The Balaban J connectivity index is 1.30. The number of carbonyl (C=O) groups is 1. The smallest absolute Gasteiger partial charge is 0.254 e. The third kappa shape index (κ3) is 4.87. The van der Waals surface area contributed by atoms with Crippen molar-refractivity contribution in [3.05, 3.63) is 141 Å². The molecule has 0 bridgehead atoms. The van der Waals surface area contributed by atoms with Crippen molar-refractivity contribution < 1.29 is 13.6 Å². The Morgan fingerprint density at radius 2 is 1.80 bits per heavy atom. The summed E-state index contributed by atoms with van der Waals surface area (Å²) in [6.45, 7) is 0.0888. The average Bonchev–Trinajstić information content (AvgIpc) is 3.28. The summed E-state index contributed by atoms with van der Waals surface area (Å²) in [7, 11) is 0. The first-order chi connectivity index (χ1) is 17.0. The van der Waals surface area contributed by atoms with Gasteiger partial charge in [0.1, 0.15) is 5.78 Å². The molecule has 4 aromatic rings. The number of halogens is 2. The Morgan fingerprint density at radius 1 is 0.914 bits per heavy atom. The largest absolute Gasteiger partial charge is 0.311 e. The van der Waals surface area contributed by atoms with Gasteiger partial charge in [-0.25, -0.2) is 8.78 Å². The first kappa shape index (κ1) is 22.6. The summed E-state index contributed by atoms with van der Waals surface area (Å²) in [5.74, 6) is -1.97. The zero-order chi connectivity index (χ0) is 24.4. The Labute approximate surface area is 201 Å². The number of hydrogen-bond donors (Lipinski definition) is 0. The molecule has 2 aromatic heterocycles. The van der Waals surface area contributed by atoms with Crippen molar-refractivity contribution in [2.75, 3.05) is 0 Å². The molecule has 0 saturated carbocycles. The van der Waals surface area contributed by atoms with E-state index in [1.807, 2.05) is 30.3 Å². The summed E-state index contributed by atoms with van der Waals surface area (Å²) >= 11 is 0. The fraction of sp³-hybridized carbons (Fsp3) is 0.138. The first-order valence-electron chi connectivity index (χ1n) is 11.4. The Bertz CT molecular complexity index is 1520. The van der Waals surface area contributed by atoms with Crippen LogP contribution in [-0.4, -0.2) is 15.3 Å². The van der Waals surface area contributed by atoms with Crippen molar-refractivity contribution in [3.8, 4) is 0 Å². The van der Waals surface area contributed by atoms with Crippen LogP contribution < -0.4 is 5.56 Å². The predicted molar refractivity (Wildman–Crippen MR) is 130 cm³/mol. The standard InChI is InChI=1S/C29H22F2N2O2/c30-26-10-8-20(16-27(26)31)18-33-13-3-6-22(29(33)35)17-23(34)15-19-4-1-5-21(14-19)24-9-11-28-25(24)7-2-12-32-28/h1-10,12-14,16H,11,15,17-18H2. The molecule has 0 saturated heterocycles. The number of carbonyl (C=O) groups excluding carboxylic acids is 1. The fourth-order valence-corrected chi connectivity index (χ4v) is 4.46. The lowest BCUT2D eigenvalue weighted by atomic mass is 9.96. The van der Waals surface area contributed by atoms with E-state index in [0.717, 1.165) is 46.5 Å². The van der Waals surface area contributed by atoms with Crippen LogP contribution in [0.25, 0.3) is 5.57 Å². The zero-order valence-corrected chi connectivity index (χ0v) is 18.9. The second-order valence-corrected chi connectivity index (χ2v) is 8.63. The molecule has 0 fully saturated rings. The van der Waals surface area contributed by atoms with Gasteiger partial charge in [0, 0.05) is 42.8 Å². The number of rotatable bonds is 7. The normalized spacial score (nSPS) is 12.3. The Kier molecular flexibility index (Phi) is 6.19. The maximum absolute atomic E-state index is 13.5. The van der Waals surface area contributed by atoms with Crippen LogP contribution in [0, 0.1) is 11.6 Å². The van der Waals surface area contributed by atoms with Crippen LogP contribution in [0.5, 0.6) is 0 Å². The second-order valence-electron chi connectivity index (χ2n) is 8.63. The molecule has 2 heterocycles. The maximum atomic E-state index is 13.5. The number of hydrogen-bond acceptors (Lipinski definition) is 3. The monoisotopic (exact) mass is 468 g/mol. The average molecular weight is 469 g/mol. The van der Waals surface area contributed by atoms with E-state index in [1.54, 1.807) is 24.5 Å². The van der Waals surface area contributed by atoms with E-state index in [4.69, 9.17) is 0 Å². The van der Waals surface area contributed by atoms with Crippen LogP contribution in [0.1, 0.15) is 33.5 Å². The first-order valence-corrected chi connectivity index (χ1v) is 11.4. The molecule has 0 N–H and O–H groups in total. The van der Waals surface area contributed by atoms with Crippen molar-refractivity contribution in [2.45, 2.75) is 25.8 Å². The molecule has 35 heavy (non-hydrogen) atoms.